The molecule has 3 rings (SSSR count). The van der Waals surface area contributed by atoms with Crippen LogP contribution in [0.4, 0.5) is 10.8 Å². The molecule has 3 aromatic rings. The Morgan fingerprint density at radius 2 is 1.74 bits per heavy atom. The van der Waals surface area contributed by atoms with Crippen LogP contribution in [0.2, 0.25) is 0 Å². The maximum atomic E-state index is 12.1. The van der Waals surface area contributed by atoms with Crippen molar-refractivity contribution >= 4 is 40.0 Å². The molecule has 0 spiro atoms. The minimum Gasteiger partial charge on any atom is -0.348 e. The van der Waals surface area contributed by atoms with Crippen molar-refractivity contribution < 1.29 is 9.59 Å². The summed E-state index contributed by atoms with van der Waals surface area (Å²) < 4.78 is 0. The fourth-order valence-electron chi connectivity index (χ4n) is 2.46. The van der Waals surface area contributed by atoms with Gasteiger partial charge in [0.05, 0.1) is 11.4 Å². The lowest BCUT2D eigenvalue weighted by Crippen LogP contribution is -2.22. The lowest BCUT2D eigenvalue weighted by Gasteiger charge is -2.17. The maximum Gasteiger partial charge on any atom is 0.244 e. The Bertz CT molecular complexity index is 936. The third-order valence-corrected chi connectivity index (χ3v) is 4.59. The first kappa shape index (κ1) is 18.5. The van der Waals surface area contributed by atoms with E-state index in [-0.39, 0.29) is 11.8 Å². The first-order valence-corrected chi connectivity index (χ1v) is 9.32. The molecule has 5 nitrogen and oxygen atoms in total. The van der Waals surface area contributed by atoms with Crippen LogP contribution in [0.25, 0.3) is 6.08 Å². The SMILES string of the molecule is CC(=O)N(c1ccccc1)c1nc(/C=C/C(=O)NCc2ccccc2)cs1. The van der Waals surface area contributed by atoms with E-state index in [2.05, 4.69) is 10.3 Å². The van der Waals surface area contributed by atoms with E-state index in [0.29, 0.717) is 17.4 Å². The average molecular weight is 377 g/mol. The molecule has 0 bridgehead atoms. The Labute approximate surface area is 162 Å². The summed E-state index contributed by atoms with van der Waals surface area (Å²) in [6.07, 6.45) is 3.09. The number of hydrogen-bond acceptors (Lipinski definition) is 4. The number of carbonyl (C=O) groups excluding carboxylic acids is 2. The second kappa shape index (κ2) is 8.91. The Hall–Kier alpha value is -3.25. The molecular weight excluding hydrogens is 358 g/mol. The fourth-order valence-corrected chi connectivity index (χ4v) is 3.32. The molecule has 0 fully saturated rings. The third kappa shape index (κ3) is 5.12. The second-order valence-electron chi connectivity index (χ2n) is 5.78. The van der Waals surface area contributed by atoms with Gasteiger partial charge in [-0.25, -0.2) is 4.98 Å². The lowest BCUT2D eigenvalue weighted by molar-refractivity contribution is -0.117. The van der Waals surface area contributed by atoms with Gasteiger partial charge in [-0.05, 0) is 23.8 Å². The molecule has 1 N–H and O–H groups in total. The molecule has 1 heterocycles. The van der Waals surface area contributed by atoms with Crippen molar-refractivity contribution in [3.63, 3.8) is 0 Å². The highest BCUT2D eigenvalue weighted by molar-refractivity contribution is 7.14. The molecular formula is C21H19N3O2S. The number of amides is 2. The number of nitrogens with one attached hydrogen (secondary N) is 1. The number of para-hydroxylation sites is 1. The van der Waals surface area contributed by atoms with Crippen molar-refractivity contribution in [2.75, 3.05) is 4.90 Å². The van der Waals surface area contributed by atoms with E-state index in [1.54, 1.807) is 11.0 Å². The van der Waals surface area contributed by atoms with Crippen LogP contribution in [-0.2, 0) is 16.1 Å². The molecule has 0 saturated heterocycles. The van der Waals surface area contributed by atoms with Gasteiger partial charge in [0.15, 0.2) is 5.13 Å². The van der Waals surface area contributed by atoms with E-state index < -0.39 is 0 Å². The molecule has 0 aliphatic heterocycles. The number of benzene rings is 2. The number of carbonyl (C=O) groups is 2. The molecule has 2 aromatic carbocycles. The maximum absolute atomic E-state index is 12.1. The number of aromatic nitrogens is 1. The van der Waals surface area contributed by atoms with Crippen molar-refractivity contribution in [2.24, 2.45) is 0 Å². The quantitative estimate of drug-likeness (QED) is 0.656. The van der Waals surface area contributed by atoms with Crippen LogP contribution < -0.4 is 10.2 Å². The monoisotopic (exact) mass is 377 g/mol. The number of anilines is 2. The zero-order valence-electron chi connectivity index (χ0n) is 14.8. The van der Waals surface area contributed by atoms with Crippen molar-refractivity contribution in [3.05, 3.63) is 83.4 Å². The van der Waals surface area contributed by atoms with Gasteiger partial charge < -0.3 is 5.32 Å². The lowest BCUT2D eigenvalue weighted by atomic mass is 10.2. The van der Waals surface area contributed by atoms with Gasteiger partial charge in [0.25, 0.3) is 0 Å². The van der Waals surface area contributed by atoms with Crippen LogP contribution in [0.15, 0.2) is 72.1 Å². The zero-order chi connectivity index (χ0) is 19.1. The first-order valence-electron chi connectivity index (χ1n) is 8.44. The molecule has 136 valence electrons. The van der Waals surface area contributed by atoms with E-state index in [9.17, 15) is 9.59 Å². The van der Waals surface area contributed by atoms with E-state index in [4.69, 9.17) is 0 Å². The van der Waals surface area contributed by atoms with Gasteiger partial charge in [-0.2, -0.15) is 0 Å². The highest BCUT2D eigenvalue weighted by atomic mass is 32.1. The number of rotatable bonds is 6. The minimum atomic E-state index is -0.195. The normalized spacial score (nSPS) is 10.7. The molecule has 2 amide bonds. The van der Waals surface area contributed by atoms with Crippen LogP contribution in [0.1, 0.15) is 18.2 Å². The molecule has 0 saturated carbocycles. The van der Waals surface area contributed by atoms with Gasteiger partial charge in [0.2, 0.25) is 11.8 Å². The van der Waals surface area contributed by atoms with E-state index in [1.807, 2.05) is 66.0 Å². The predicted molar refractivity (Wildman–Crippen MR) is 109 cm³/mol. The summed E-state index contributed by atoms with van der Waals surface area (Å²) in [7, 11) is 0. The summed E-state index contributed by atoms with van der Waals surface area (Å²) in [4.78, 5) is 30.0. The van der Waals surface area contributed by atoms with Crippen molar-refractivity contribution in [2.45, 2.75) is 13.5 Å². The second-order valence-corrected chi connectivity index (χ2v) is 6.62. The largest absolute Gasteiger partial charge is 0.348 e. The summed E-state index contributed by atoms with van der Waals surface area (Å²) in [6, 6.07) is 19.1. The molecule has 0 radical (unpaired) electrons. The Kier molecular flexibility index (Phi) is 6.12. The molecule has 0 aliphatic rings. The van der Waals surface area contributed by atoms with E-state index in [1.165, 1.54) is 24.3 Å². The van der Waals surface area contributed by atoms with E-state index in [0.717, 1.165) is 11.3 Å². The van der Waals surface area contributed by atoms with Crippen LogP contribution in [-0.4, -0.2) is 16.8 Å². The van der Waals surface area contributed by atoms with Gasteiger partial charge in [-0.1, -0.05) is 48.5 Å². The summed E-state index contributed by atoms with van der Waals surface area (Å²) in [5, 5.41) is 5.21. The van der Waals surface area contributed by atoms with Crippen LogP contribution >= 0.6 is 11.3 Å². The van der Waals surface area contributed by atoms with Crippen molar-refractivity contribution in [1.82, 2.24) is 10.3 Å². The molecule has 6 heteroatoms. The topological polar surface area (TPSA) is 62.3 Å². The smallest absolute Gasteiger partial charge is 0.244 e. The number of hydrogen-bond donors (Lipinski definition) is 1. The standard InChI is InChI=1S/C21H19N3O2S/c1-16(25)24(19-10-6-3-7-11-19)21-23-18(15-27-21)12-13-20(26)22-14-17-8-4-2-5-9-17/h2-13,15H,14H2,1H3,(H,22,26)/b13-12+. The fraction of sp³-hybridized carbons (Fsp3) is 0.0952. The van der Waals surface area contributed by atoms with E-state index >= 15 is 0 Å². The van der Waals surface area contributed by atoms with Crippen LogP contribution in [0, 0.1) is 0 Å². The number of thiazole rings is 1. The highest BCUT2D eigenvalue weighted by Gasteiger charge is 2.17. The first-order chi connectivity index (χ1) is 13.1. The van der Waals surface area contributed by atoms with Crippen molar-refractivity contribution in [3.8, 4) is 0 Å². The van der Waals surface area contributed by atoms with Gasteiger partial charge in [-0.15, -0.1) is 11.3 Å². The van der Waals surface area contributed by atoms with Gasteiger partial charge >= 0.3 is 0 Å². The average Bonchev–Trinajstić information content (AvgIpc) is 3.14. The number of nitrogens with zero attached hydrogens (tertiary/aromatic N) is 2. The molecule has 0 aliphatic carbocycles. The summed E-state index contributed by atoms with van der Waals surface area (Å²) in [6.45, 7) is 1.97. The summed E-state index contributed by atoms with van der Waals surface area (Å²) in [5.41, 5.74) is 2.43. The Balaban J connectivity index is 1.65. The minimum absolute atomic E-state index is 0.119. The summed E-state index contributed by atoms with van der Waals surface area (Å²) in [5.74, 6) is -0.313. The Morgan fingerprint density at radius 3 is 2.41 bits per heavy atom. The molecule has 0 unspecified atom stereocenters. The van der Waals surface area contributed by atoms with Crippen LogP contribution in [0.3, 0.4) is 0 Å². The predicted octanol–water partition coefficient (Wildman–Crippen LogP) is 4.16. The molecule has 0 atom stereocenters. The molecule has 1 aromatic heterocycles. The van der Waals surface area contributed by atoms with Gasteiger partial charge in [0.1, 0.15) is 0 Å². The van der Waals surface area contributed by atoms with Crippen LogP contribution in [0.5, 0.6) is 0 Å². The van der Waals surface area contributed by atoms with Gasteiger partial charge in [0, 0.05) is 24.9 Å². The Morgan fingerprint density at radius 1 is 1.07 bits per heavy atom. The van der Waals surface area contributed by atoms with Gasteiger partial charge in [-0.3, -0.25) is 14.5 Å². The molecule has 27 heavy (non-hydrogen) atoms. The summed E-state index contributed by atoms with van der Waals surface area (Å²) >= 11 is 1.35. The van der Waals surface area contributed by atoms with Crippen molar-refractivity contribution in [1.29, 1.82) is 0 Å². The third-order valence-electron chi connectivity index (χ3n) is 3.75. The highest BCUT2D eigenvalue weighted by Crippen LogP contribution is 2.28. The zero-order valence-corrected chi connectivity index (χ0v) is 15.6.